The van der Waals surface area contributed by atoms with Gasteiger partial charge in [0.2, 0.25) is 11.8 Å². The minimum absolute atomic E-state index is 0.0160. The summed E-state index contributed by atoms with van der Waals surface area (Å²) >= 11 is 0. The molecule has 1 heterocycles. The summed E-state index contributed by atoms with van der Waals surface area (Å²) < 4.78 is 5.88. The van der Waals surface area contributed by atoms with E-state index in [-0.39, 0.29) is 11.9 Å². The minimum Gasteiger partial charge on any atom is -0.439 e. The van der Waals surface area contributed by atoms with Crippen LogP contribution in [0, 0.1) is 6.92 Å². The zero-order valence-electron chi connectivity index (χ0n) is 15.4. The fraction of sp³-hybridized carbons (Fsp3) is 0.333. The Bertz CT molecular complexity index is 736. The zero-order valence-corrected chi connectivity index (χ0v) is 15.4. The van der Waals surface area contributed by atoms with Gasteiger partial charge in [-0.15, -0.1) is 0 Å². The molecule has 1 amide bonds. The second kappa shape index (κ2) is 9.02. The van der Waals surface area contributed by atoms with E-state index >= 15 is 0 Å². The van der Waals surface area contributed by atoms with E-state index in [1.807, 2.05) is 37.3 Å². The first-order valence-electron chi connectivity index (χ1n) is 8.66. The van der Waals surface area contributed by atoms with Gasteiger partial charge in [0.05, 0.1) is 0 Å². The van der Waals surface area contributed by atoms with E-state index in [0.717, 1.165) is 29.7 Å². The Labute approximate surface area is 149 Å². The Kier molecular flexibility index (Phi) is 6.75. The molecule has 132 valence electrons. The van der Waals surface area contributed by atoms with Crippen molar-refractivity contribution in [3.05, 3.63) is 59.3 Å². The summed E-state index contributed by atoms with van der Waals surface area (Å²) in [6.07, 6.45) is 7.83. The van der Waals surface area contributed by atoms with Crippen molar-refractivity contribution in [2.45, 2.75) is 46.6 Å². The van der Waals surface area contributed by atoms with Crippen LogP contribution in [0.15, 0.2) is 42.6 Å². The number of benzene rings is 1. The van der Waals surface area contributed by atoms with Crippen LogP contribution in [0.25, 0.3) is 6.08 Å². The number of rotatable bonds is 7. The third kappa shape index (κ3) is 6.07. The lowest BCUT2D eigenvalue weighted by molar-refractivity contribution is -0.119. The first kappa shape index (κ1) is 18.7. The van der Waals surface area contributed by atoms with Crippen LogP contribution in [-0.2, 0) is 11.2 Å². The minimum atomic E-state index is -0.0423. The number of hydrogen-bond donors (Lipinski definition) is 1. The molecular formula is C21H26N2O2. The van der Waals surface area contributed by atoms with Gasteiger partial charge in [-0.1, -0.05) is 37.6 Å². The predicted molar refractivity (Wildman–Crippen MR) is 102 cm³/mol. The van der Waals surface area contributed by atoms with Gasteiger partial charge in [-0.3, -0.25) is 4.79 Å². The standard InChI is InChI=1S/C21H26N2O2/c1-5-6-18-9-11-20(15(2)13-18)25-21-12-10-19(14-22-21)8-7-16(3)23-17(4)24/h7-14,16H,5-6H2,1-4H3,(H,23,24)/b8-7+/t16-/m0/s1. The molecule has 2 rings (SSSR count). The van der Waals surface area contributed by atoms with E-state index in [1.165, 1.54) is 12.5 Å². The molecular weight excluding hydrogens is 312 g/mol. The molecule has 1 atom stereocenters. The van der Waals surface area contributed by atoms with Gasteiger partial charge in [0.1, 0.15) is 5.75 Å². The van der Waals surface area contributed by atoms with Crippen LogP contribution in [-0.4, -0.2) is 16.9 Å². The molecule has 0 unspecified atom stereocenters. The van der Waals surface area contributed by atoms with Crippen molar-refractivity contribution >= 4 is 12.0 Å². The highest BCUT2D eigenvalue weighted by atomic mass is 16.5. The number of aromatic nitrogens is 1. The van der Waals surface area contributed by atoms with Crippen molar-refractivity contribution in [3.63, 3.8) is 0 Å². The van der Waals surface area contributed by atoms with Gasteiger partial charge in [0.25, 0.3) is 0 Å². The molecule has 1 N–H and O–H groups in total. The monoisotopic (exact) mass is 338 g/mol. The summed E-state index contributed by atoms with van der Waals surface area (Å²) in [6, 6.07) is 10.1. The number of pyridine rings is 1. The number of amides is 1. The molecule has 0 radical (unpaired) electrons. The van der Waals surface area contributed by atoms with Gasteiger partial charge in [-0.05, 0) is 49.1 Å². The molecule has 4 heteroatoms. The molecule has 0 spiro atoms. The van der Waals surface area contributed by atoms with Gasteiger partial charge in [-0.2, -0.15) is 0 Å². The highest BCUT2D eigenvalue weighted by Gasteiger charge is 2.04. The average molecular weight is 338 g/mol. The van der Waals surface area contributed by atoms with Crippen molar-refractivity contribution in [3.8, 4) is 11.6 Å². The fourth-order valence-corrected chi connectivity index (χ4v) is 2.56. The van der Waals surface area contributed by atoms with E-state index in [0.29, 0.717) is 5.88 Å². The van der Waals surface area contributed by atoms with Crippen molar-refractivity contribution < 1.29 is 9.53 Å². The summed E-state index contributed by atoms with van der Waals surface area (Å²) in [5.74, 6) is 1.35. The first-order valence-corrected chi connectivity index (χ1v) is 8.66. The number of carbonyl (C=O) groups excluding carboxylic acids is 1. The van der Waals surface area contributed by atoms with Gasteiger partial charge >= 0.3 is 0 Å². The highest BCUT2D eigenvalue weighted by molar-refractivity contribution is 5.73. The van der Waals surface area contributed by atoms with Crippen molar-refractivity contribution in [2.75, 3.05) is 0 Å². The topological polar surface area (TPSA) is 51.2 Å². The summed E-state index contributed by atoms with van der Waals surface area (Å²) in [5, 5.41) is 2.81. The van der Waals surface area contributed by atoms with Crippen molar-refractivity contribution in [1.29, 1.82) is 0 Å². The molecule has 25 heavy (non-hydrogen) atoms. The molecule has 0 bridgehead atoms. The molecule has 1 aromatic heterocycles. The first-order chi connectivity index (χ1) is 12.0. The van der Waals surface area contributed by atoms with E-state index in [4.69, 9.17) is 4.74 Å². The van der Waals surface area contributed by atoms with Crippen LogP contribution in [0.1, 0.15) is 43.9 Å². The Morgan fingerprint density at radius 3 is 2.72 bits per heavy atom. The molecule has 0 aliphatic heterocycles. The molecule has 0 aliphatic rings. The quantitative estimate of drug-likeness (QED) is 0.798. The average Bonchev–Trinajstić information content (AvgIpc) is 2.56. The predicted octanol–water partition coefficient (Wildman–Crippen LogP) is 4.67. The Morgan fingerprint density at radius 2 is 2.12 bits per heavy atom. The van der Waals surface area contributed by atoms with Gasteiger partial charge in [0, 0.05) is 25.2 Å². The molecule has 0 saturated carbocycles. The van der Waals surface area contributed by atoms with Crippen LogP contribution in [0.4, 0.5) is 0 Å². The molecule has 0 fully saturated rings. The zero-order chi connectivity index (χ0) is 18.2. The number of hydrogen-bond acceptors (Lipinski definition) is 3. The largest absolute Gasteiger partial charge is 0.439 e. The SMILES string of the molecule is CCCc1ccc(Oc2ccc(/C=C/[C@H](C)NC(C)=O)cn2)c(C)c1. The third-order valence-corrected chi connectivity index (χ3v) is 3.76. The maximum atomic E-state index is 11.0. The molecule has 1 aromatic carbocycles. The van der Waals surface area contributed by atoms with E-state index in [1.54, 1.807) is 6.20 Å². The van der Waals surface area contributed by atoms with Crippen LogP contribution in [0.5, 0.6) is 11.6 Å². The van der Waals surface area contributed by atoms with Gasteiger partial charge in [0.15, 0.2) is 0 Å². The summed E-state index contributed by atoms with van der Waals surface area (Å²) in [5.41, 5.74) is 3.40. The number of ether oxygens (including phenoxy) is 1. The van der Waals surface area contributed by atoms with Crippen molar-refractivity contribution in [1.82, 2.24) is 10.3 Å². The summed E-state index contributed by atoms with van der Waals surface area (Å²) in [6.45, 7) is 7.66. The normalized spacial score (nSPS) is 12.2. The lowest BCUT2D eigenvalue weighted by atomic mass is 10.1. The van der Waals surface area contributed by atoms with Crippen molar-refractivity contribution in [2.24, 2.45) is 0 Å². The molecule has 0 saturated heterocycles. The van der Waals surface area contributed by atoms with E-state index in [2.05, 4.69) is 36.3 Å². The summed E-state index contributed by atoms with van der Waals surface area (Å²) in [7, 11) is 0. The number of aryl methyl sites for hydroxylation is 2. The fourth-order valence-electron chi connectivity index (χ4n) is 2.56. The van der Waals surface area contributed by atoms with E-state index in [9.17, 15) is 4.79 Å². The Balaban J connectivity index is 2.00. The Morgan fingerprint density at radius 1 is 1.32 bits per heavy atom. The second-order valence-corrected chi connectivity index (χ2v) is 6.23. The highest BCUT2D eigenvalue weighted by Crippen LogP contribution is 2.25. The maximum Gasteiger partial charge on any atom is 0.219 e. The molecule has 2 aromatic rings. The van der Waals surface area contributed by atoms with Gasteiger partial charge in [-0.25, -0.2) is 4.98 Å². The van der Waals surface area contributed by atoms with Crippen LogP contribution < -0.4 is 10.1 Å². The smallest absolute Gasteiger partial charge is 0.219 e. The number of nitrogens with one attached hydrogen (secondary N) is 1. The van der Waals surface area contributed by atoms with Crippen LogP contribution >= 0.6 is 0 Å². The third-order valence-electron chi connectivity index (χ3n) is 3.76. The lowest BCUT2D eigenvalue weighted by Gasteiger charge is -2.10. The van der Waals surface area contributed by atoms with Crippen LogP contribution in [0.3, 0.4) is 0 Å². The van der Waals surface area contributed by atoms with E-state index < -0.39 is 0 Å². The van der Waals surface area contributed by atoms with Gasteiger partial charge < -0.3 is 10.1 Å². The maximum absolute atomic E-state index is 11.0. The summed E-state index contributed by atoms with van der Waals surface area (Å²) in [4.78, 5) is 15.3. The molecule has 4 nitrogen and oxygen atoms in total. The second-order valence-electron chi connectivity index (χ2n) is 6.23. The lowest BCUT2D eigenvalue weighted by Crippen LogP contribution is -2.28. The number of carbonyl (C=O) groups is 1. The van der Waals surface area contributed by atoms with Crippen LogP contribution in [0.2, 0.25) is 0 Å². The molecule has 0 aliphatic carbocycles. The number of nitrogens with zero attached hydrogens (tertiary/aromatic N) is 1. The Hall–Kier alpha value is -2.62.